The van der Waals surface area contributed by atoms with E-state index < -0.39 is 0 Å². The van der Waals surface area contributed by atoms with Gasteiger partial charge in [0.1, 0.15) is 0 Å². The van der Waals surface area contributed by atoms with Crippen molar-refractivity contribution in [3.63, 3.8) is 0 Å². The molecule has 15 heavy (non-hydrogen) atoms. The Hall–Kier alpha value is -0.0800. The number of hydrogen-bond acceptors (Lipinski definition) is 2. The zero-order chi connectivity index (χ0) is 11.4. The lowest BCUT2D eigenvalue weighted by molar-refractivity contribution is 0.135. The first-order chi connectivity index (χ1) is 6.99. The normalized spacial score (nSPS) is 29.0. The van der Waals surface area contributed by atoms with E-state index in [2.05, 4.69) is 45.0 Å². The summed E-state index contributed by atoms with van der Waals surface area (Å²) in [6.07, 6.45) is 2.62. The molecule has 0 radical (unpaired) electrons. The number of nitrogens with one attached hydrogen (secondary N) is 1. The monoisotopic (exact) mass is 212 g/mol. The Balaban J connectivity index is 2.34. The maximum atomic E-state index is 3.69. The van der Waals surface area contributed by atoms with Crippen LogP contribution in [0.3, 0.4) is 0 Å². The van der Waals surface area contributed by atoms with Gasteiger partial charge in [0.2, 0.25) is 0 Å². The first kappa shape index (κ1) is 13.0. The molecule has 0 spiro atoms. The zero-order valence-electron chi connectivity index (χ0n) is 11.1. The molecule has 0 aromatic heterocycles. The number of nitrogens with zero attached hydrogens (tertiary/aromatic N) is 1. The third-order valence-corrected chi connectivity index (χ3v) is 3.27. The first-order valence-electron chi connectivity index (χ1n) is 6.42. The molecule has 2 heteroatoms. The van der Waals surface area contributed by atoms with Gasteiger partial charge in [0.05, 0.1) is 0 Å². The van der Waals surface area contributed by atoms with Crippen molar-refractivity contribution in [1.29, 1.82) is 0 Å². The second-order valence-corrected chi connectivity index (χ2v) is 5.96. The number of rotatable bonds is 4. The van der Waals surface area contributed by atoms with Gasteiger partial charge in [-0.25, -0.2) is 0 Å². The van der Waals surface area contributed by atoms with Gasteiger partial charge in [-0.15, -0.1) is 0 Å². The minimum absolute atomic E-state index is 0.707. The summed E-state index contributed by atoms with van der Waals surface area (Å²) in [5, 5.41) is 3.69. The standard InChI is InChI=1S/C13H28N2/c1-10(2)6-12-9-15(5)13(8-14-12)7-11(3)4/h10-14H,6-9H2,1-5H3. The lowest BCUT2D eigenvalue weighted by Gasteiger charge is -2.39. The van der Waals surface area contributed by atoms with E-state index >= 15 is 0 Å². The summed E-state index contributed by atoms with van der Waals surface area (Å²) in [4.78, 5) is 2.55. The number of likely N-dealkylation sites (N-methyl/N-ethyl adjacent to an activating group) is 1. The van der Waals surface area contributed by atoms with Gasteiger partial charge in [0.25, 0.3) is 0 Å². The van der Waals surface area contributed by atoms with E-state index in [-0.39, 0.29) is 0 Å². The van der Waals surface area contributed by atoms with Crippen molar-refractivity contribution < 1.29 is 0 Å². The highest BCUT2D eigenvalue weighted by Crippen LogP contribution is 2.16. The molecule has 2 nitrogen and oxygen atoms in total. The molecular weight excluding hydrogens is 184 g/mol. The summed E-state index contributed by atoms with van der Waals surface area (Å²) in [5.41, 5.74) is 0. The fourth-order valence-electron chi connectivity index (χ4n) is 2.55. The van der Waals surface area contributed by atoms with Crippen molar-refractivity contribution in [3.8, 4) is 0 Å². The van der Waals surface area contributed by atoms with Crippen LogP contribution in [0.25, 0.3) is 0 Å². The molecule has 2 unspecified atom stereocenters. The summed E-state index contributed by atoms with van der Waals surface area (Å²) in [6, 6.07) is 1.45. The molecule has 0 bridgehead atoms. The van der Waals surface area contributed by atoms with Gasteiger partial charge in [-0.05, 0) is 31.7 Å². The Bertz CT molecular complexity index is 177. The lowest BCUT2D eigenvalue weighted by Crippen LogP contribution is -2.55. The van der Waals surface area contributed by atoms with Crippen LogP contribution in [0.5, 0.6) is 0 Å². The molecular formula is C13H28N2. The fraction of sp³-hybridized carbons (Fsp3) is 1.00. The average molecular weight is 212 g/mol. The fourth-order valence-corrected chi connectivity index (χ4v) is 2.55. The Morgan fingerprint density at radius 1 is 1.13 bits per heavy atom. The van der Waals surface area contributed by atoms with Crippen LogP contribution < -0.4 is 5.32 Å². The van der Waals surface area contributed by atoms with E-state index in [1.165, 1.54) is 25.9 Å². The van der Waals surface area contributed by atoms with E-state index in [1.807, 2.05) is 0 Å². The molecule has 1 heterocycles. The molecule has 1 rings (SSSR count). The zero-order valence-corrected chi connectivity index (χ0v) is 11.1. The molecule has 1 N–H and O–H groups in total. The van der Waals surface area contributed by atoms with Crippen LogP contribution in [0.15, 0.2) is 0 Å². The van der Waals surface area contributed by atoms with Crippen LogP contribution in [-0.2, 0) is 0 Å². The van der Waals surface area contributed by atoms with Gasteiger partial charge in [-0.3, -0.25) is 0 Å². The smallest absolute Gasteiger partial charge is 0.0220 e. The van der Waals surface area contributed by atoms with Crippen molar-refractivity contribution in [2.45, 2.75) is 52.6 Å². The minimum atomic E-state index is 0.707. The molecule has 0 aromatic rings. The van der Waals surface area contributed by atoms with Crippen LogP contribution in [0, 0.1) is 11.8 Å². The van der Waals surface area contributed by atoms with E-state index in [0.29, 0.717) is 6.04 Å². The van der Waals surface area contributed by atoms with Gasteiger partial charge in [-0.1, -0.05) is 27.7 Å². The molecule has 1 aliphatic rings. The van der Waals surface area contributed by atoms with Gasteiger partial charge < -0.3 is 10.2 Å². The van der Waals surface area contributed by atoms with Crippen molar-refractivity contribution in [2.75, 3.05) is 20.1 Å². The Morgan fingerprint density at radius 2 is 1.73 bits per heavy atom. The Labute approximate surface area is 95.4 Å². The van der Waals surface area contributed by atoms with Crippen molar-refractivity contribution in [3.05, 3.63) is 0 Å². The minimum Gasteiger partial charge on any atom is -0.311 e. The molecule has 0 aliphatic carbocycles. The van der Waals surface area contributed by atoms with Gasteiger partial charge >= 0.3 is 0 Å². The van der Waals surface area contributed by atoms with Crippen LogP contribution in [-0.4, -0.2) is 37.1 Å². The maximum Gasteiger partial charge on any atom is 0.0220 e. The highest BCUT2D eigenvalue weighted by Gasteiger charge is 2.25. The number of piperazine rings is 1. The summed E-state index contributed by atoms with van der Waals surface area (Å²) < 4.78 is 0. The van der Waals surface area contributed by atoms with E-state index in [4.69, 9.17) is 0 Å². The third-order valence-electron chi connectivity index (χ3n) is 3.27. The lowest BCUT2D eigenvalue weighted by atomic mass is 9.96. The molecule has 1 saturated heterocycles. The van der Waals surface area contributed by atoms with Crippen LogP contribution >= 0.6 is 0 Å². The quantitative estimate of drug-likeness (QED) is 0.769. The van der Waals surface area contributed by atoms with Crippen molar-refractivity contribution in [1.82, 2.24) is 10.2 Å². The maximum absolute atomic E-state index is 3.69. The van der Waals surface area contributed by atoms with Gasteiger partial charge in [-0.2, -0.15) is 0 Å². The van der Waals surface area contributed by atoms with Gasteiger partial charge in [0.15, 0.2) is 0 Å². The summed E-state index contributed by atoms with van der Waals surface area (Å²) in [7, 11) is 2.28. The van der Waals surface area contributed by atoms with E-state index in [9.17, 15) is 0 Å². The average Bonchev–Trinajstić information content (AvgIpc) is 2.08. The molecule has 90 valence electrons. The molecule has 2 atom stereocenters. The van der Waals surface area contributed by atoms with Crippen LogP contribution in [0.2, 0.25) is 0 Å². The van der Waals surface area contributed by atoms with Gasteiger partial charge in [0, 0.05) is 25.2 Å². The van der Waals surface area contributed by atoms with E-state index in [1.54, 1.807) is 0 Å². The largest absolute Gasteiger partial charge is 0.311 e. The van der Waals surface area contributed by atoms with Crippen molar-refractivity contribution in [2.24, 2.45) is 11.8 Å². The highest BCUT2D eigenvalue weighted by molar-refractivity contribution is 4.85. The van der Waals surface area contributed by atoms with Crippen LogP contribution in [0.1, 0.15) is 40.5 Å². The Kier molecular flexibility index (Phi) is 5.07. The molecule has 0 aromatic carbocycles. The Morgan fingerprint density at radius 3 is 2.20 bits per heavy atom. The van der Waals surface area contributed by atoms with Crippen LogP contribution in [0.4, 0.5) is 0 Å². The molecule has 0 saturated carbocycles. The summed E-state index contributed by atoms with van der Waals surface area (Å²) in [6.45, 7) is 11.6. The highest BCUT2D eigenvalue weighted by atomic mass is 15.2. The molecule has 1 fully saturated rings. The molecule has 0 amide bonds. The topological polar surface area (TPSA) is 15.3 Å². The second-order valence-electron chi connectivity index (χ2n) is 5.96. The third kappa shape index (κ3) is 4.52. The second kappa shape index (κ2) is 5.86. The predicted molar refractivity (Wildman–Crippen MR) is 67.1 cm³/mol. The first-order valence-corrected chi connectivity index (χ1v) is 6.42. The number of hydrogen-bond donors (Lipinski definition) is 1. The summed E-state index contributed by atoms with van der Waals surface area (Å²) >= 11 is 0. The molecule has 1 aliphatic heterocycles. The SMILES string of the molecule is CC(C)CC1CN(C)C(CC(C)C)CN1. The van der Waals surface area contributed by atoms with Crippen molar-refractivity contribution >= 4 is 0 Å². The predicted octanol–water partition coefficient (Wildman–Crippen LogP) is 2.35. The van der Waals surface area contributed by atoms with E-state index in [0.717, 1.165) is 17.9 Å². The summed E-state index contributed by atoms with van der Waals surface area (Å²) in [5.74, 6) is 1.61.